The van der Waals surface area contributed by atoms with Gasteiger partial charge in [-0.05, 0) is 68.5 Å². The third-order valence-electron chi connectivity index (χ3n) is 5.11. The largest absolute Gasteiger partial charge is 0.361 e. The van der Waals surface area contributed by atoms with Crippen molar-refractivity contribution in [3.63, 3.8) is 0 Å². The predicted molar refractivity (Wildman–Crippen MR) is 107 cm³/mol. The van der Waals surface area contributed by atoms with Gasteiger partial charge in [0, 0.05) is 23.6 Å². The summed E-state index contributed by atoms with van der Waals surface area (Å²) >= 11 is 0. The van der Waals surface area contributed by atoms with Gasteiger partial charge in [0.05, 0.1) is 5.69 Å². The van der Waals surface area contributed by atoms with Crippen LogP contribution >= 0.6 is 0 Å². The number of hydrogen-bond acceptors (Lipinski definition) is 3. The van der Waals surface area contributed by atoms with E-state index in [1.165, 1.54) is 16.7 Å². The average molecular weight is 357 g/mol. The Labute approximate surface area is 159 Å². The first-order chi connectivity index (χ1) is 13.0. The highest BCUT2D eigenvalue weighted by Crippen LogP contribution is 2.29. The molecule has 0 fully saturated rings. The molecule has 0 spiro atoms. The number of aromatic nitrogens is 3. The van der Waals surface area contributed by atoms with Gasteiger partial charge in [0.1, 0.15) is 11.6 Å². The number of benzene rings is 2. The fourth-order valence-electron chi connectivity index (χ4n) is 3.56. The second-order valence-corrected chi connectivity index (χ2v) is 7.03. The number of imidazole rings is 1. The minimum absolute atomic E-state index is 0.863. The Balaban J connectivity index is 1.63. The predicted octanol–water partition coefficient (Wildman–Crippen LogP) is 5.35. The first-order valence-corrected chi connectivity index (χ1v) is 9.15. The maximum Gasteiger partial charge on any atom is 0.141 e. The highest BCUT2D eigenvalue weighted by molar-refractivity contribution is 5.69. The van der Waals surface area contributed by atoms with E-state index in [2.05, 4.69) is 64.1 Å². The van der Waals surface area contributed by atoms with Crippen molar-refractivity contribution >= 4 is 0 Å². The molecule has 0 bridgehead atoms. The standard InChI is InChI=1S/C23H23N3O/c1-15-5-8-20(23-16(2)25-27-17(23)3)14-21(15)13-19-6-9-22(10-7-19)26-12-11-24-18(26)4/h5-12,14H,13H2,1-4H3. The summed E-state index contributed by atoms with van der Waals surface area (Å²) in [7, 11) is 0. The SMILES string of the molecule is Cc1ccc(-c2c(C)noc2C)cc1Cc1ccc(-n2ccnc2C)cc1. The van der Waals surface area contributed by atoms with Gasteiger partial charge in [-0.2, -0.15) is 0 Å². The molecule has 2 aromatic carbocycles. The lowest BCUT2D eigenvalue weighted by atomic mass is 9.95. The molecule has 0 aliphatic rings. The van der Waals surface area contributed by atoms with Crippen LogP contribution in [0.3, 0.4) is 0 Å². The Bertz CT molecular complexity index is 1070. The van der Waals surface area contributed by atoms with Crippen LogP contribution in [0.15, 0.2) is 59.4 Å². The molecule has 2 heterocycles. The van der Waals surface area contributed by atoms with E-state index in [1.54, 1.807) is 0 Å². The van der Waals surface area contributed by atoms with E-state index in [0.717, 1.165) is 40.5 Å². The summed E-state index contributed by atoms with van der Waals surface area (Å²) in [5.41, 5.74) is 8.23. The Morgan fingerprint density at radius 1 is 0.963 bits per heavy atom. The molecule has 4 nitrogen and oxygen atoms in total. The molecule has 0 saturated carbocycles. The summed E-state index contributed by atoms with van der Waals surface area (Å²) in [5, 5.41) is 4.09. The van der Waals surface area contributed by atoms with Crippen LogP contribution in [0.25, 0.3) is 16.8 Å². The first kappa shape index (κ1) is 17.3. The van der Waals surface area contributed by atoms with Gasteiger partial charge in [0.15, 0.2) is 0 Å². The average Bonchev–Trinajstić information content (AvgIpc) is 3.23. The van der Waals surface area contributed by atoms with Gasteiger partial charge >= 0.3 is 0 Å². The van der Waals surface area contributed by atoms with E-state index in [1.807, 2.05) is 33.2 Å². The van der Waals surface area contributed by atoms with E-state index in [4.69, 9.17) is 4.52 Å². The van der Waals surface area contributed by atoms with Gasteiger partial charge in [0.25, 0.3) is 0 Å². The maximum absolute atomic E-state index is 5.34. The molecule has 0 unspecified atom stereocenters. The summed E-state index contributed by atoms with van der Waals surface area (Å²) in [5.74, 6) is 1.85. The molecule has 4 rings (SSSR count). The number of hydrogen-bond donors (Lipinski definition) is 0. The molecule has 0 amide bonds. The van der Waals surface area contributed by atoms with Crippen molar-refractivity contribution < 1.29 is 4.52 Å². The zero-order valence-corrected chi connectivity index (χ0v) is 16.2. The van der Waals surface area contributed by atoms with Crippen molar-refractivity contribution in [2.24, 2.45) is 0 Å². The van der Waals surface area contributed by atoms with E-state index >= 15 is 0 Å². The van der Waals surface area contributed by atoms with Crippen molar-refractivity contribution in [3.8, 4) is 16.8 Å². The molecular weight excluding hydrogens is 334 g/mol. The third kappa shape index (κ3) is 3.31. The first-order valence-electron chi connectivity index (χ1n) is 9.15. The van der Waals surface area contributed by atoms with E-state index in [9.17, 15) is 0 Å². The second-order valence-electron chi connectivity index (χ2n) is 7.03. The van der Waals surface area contributed by atoms with Crippen LogP contribution in [-0.4, -0.2) is 14.7 Å². The second kappa shape index (κ2) is 6.88. The summed E-state index contributed by atoms with van der Waals surface area (Å²) in [4.78, 5) is 4.29. The molecule has 4 heteroatoms. The molecule has 4 aromatic rings. The van der Waals surface area contributed by atoms with E-state index < -0.39 is 0 Å². The zero-order chi connectivity index (χ0) is 19.0. The van der Waals surface area contributed by atoms with Crippen LogP contribution in [0, 0.1) is 27.7 Å². The molecule has 2 aromatic heterocycles. The molecule has 0 atom stereocenters. The Kier molecular flexibility index (Phi) is 4.40. The molecule has 27 heavy (non-hydrogen) atoms. The minimum Gasteiger partial charge on any atom is -0.361 e. The summed E-state index contributed by atoms with van der Waals surface area (Å²) in [6, 6.07) is 15.3. The number of rotatable bonds is 4. The Morgan fingerprint density at radius 2 is 1.74 bits per heavy atom. The van der Waals surface area contributed by atoms with Crippen molar-refractivity contribution in [2.75, 3.05) is 0 Å². The van der Waals surface area contributed by atoms with Gasteiger partial charge in [-0.3, -0.25) is 0 Å². The molecule has 0 aliphatic carbocycles. The lowest BCUT2D eigenvalue weighted by Crippen LogP contribution is -1.97. The van der Waals surface area contributed by atoms with Gasteiger partial charge in [-0.25, -0.2) is 4.98 Å². The topological polar surface area (TPSA) is 43.9 Å². The zero-order valence-electron chi connectivity index (χ0n) is 16.2. The summed E-state index contributed by atoms with van der Waals surface area (Å²) in [6.07, 6.45) is 4.71. The van der Waals surface area contributed by atoms with Gasteiger partial charge in [-0.15, -0.1) is 0 Å². The van der Waals surface area contributed by atoms with Gasteiger partial charge in [0.2, 0.25) is 0 Å². The third-order valence-corrected chi connectivity index (χ3v) is 5.11. The summed E-state index contributed by atoms with van der Waals surface area (Å²) in [6.45, 7) is 8.13. The monoisotopic (exact) mass is 357 g/mol. The lowest BCUT2D eigenvalue weighted by molar-refractivity contribution is 0.393. The molecule has 0 radical (unpaired) electrons. The Hall–Kier alpha value is -3.14. The van der Waals surface area contributed by atoms with Crippen LogP contribution in [0.1, 0.15) is 34.0 Å². The summed E-state index contributed by atoms with van der Waals surface area (Å²) < 4.78 is 7.43. The van der Waals surface area contributed by atoms with Crippen LogP contribution in [0.2, 0.25) is 0 Å². The lowest BCUT2D eigenvalue weighted by Gasteiger charge is -2.11. The molecule has 136 valence electrons. The van der Waals surface area contributed by atoms with Crippen molar-refractivity contribution in [1.82, 2.24) is 14.7 Å². The molecule has 0 N–H and O–H groups in total. The molecule has 0 aliphatic heterocycles. The highest BCUT2D eigenvalue weighted by atomic mass is 16.5. The van der Waals surface area contributed by atoms with Crippen LogP contribution < -0.4 is 0 Å². The fraction of sp³-hybridized carbons (Fsp3) is 0.217. The van der Waals surface area contributed by atoms with Crippen molar-refractivity contribution in [1.29, 1.82) is 0 Å². The van der Waals surface area contributed by atoms with Crippen LogP contribution in [-0.2, 0) is 6.42 Å². The smallest absolute Gasteiger partial charge is 0.141 e. The van der Waals surface area contributed by atoms with Gasteiger partial charge in [-0.1, -0.05) is 35.5 Å². The fourth-order valence-corrected chi connectivity index (χ4v) is 3.56. The maximum atomic E-state index is 5.34. The van der Waals surface area contributed by atoms with E-state index in [0.29, 0.717) is 0 Å². The van der Waals surface area contributed by atoms with Gasteiger partial charge < -0.3 is 9.09 Å². The molecule has 0 saturated heterocycles. The van der Waals surface area contributed by atoms with Crippen LogP contribution in [0.4, 0.5) is 0 Å². The Morgan fingerprint density at radius 3 is 2.37 bits per heavy atom. The minimum atomic E-state index is 0.863. The molecular formula is C23H23N3O. The number of aryl methyl sites for hydroxylation is 4. The van der Waals surface area contributed by atoms with E-state index in [-0.39, 0.29) is 0 Å². The van der Waals surface area contributed by atoms with Crippen LogP contribution in [0.5, 0.6) is 0 Å². The van der Waals surface area contributed by atoms with Crippen molar-refractivity contribution in [2.45, 2.75) is 34.1 Å². The quantitative estimate of drug-likeness (QED) is 0.494. The number of nitrogens with zero attached hydrogens (tertiary/aromatic N) is 3. The normalized spacial score (nSPS) is 11.1. The highest BCUT2D eigenvalue weighted by Gasteiger charge is 2.13. The van der Waals surface area contributed by atoms with Crippen molar-refractivity contribution in [3.05, 3.63) is 88.8 Å².